The average Bonchev–Trinajstić information content (AvgIpc) is 3.47. The van der Waals surface area contributed by atoms with Crippen LogP contribution in [0.1, 0.15) is 41.2 Å². The molecule has 186 valence electrons. The first-order valence-electron chi connectivity index (χ1n) is 11.7. The van der Waals surface area contributed by atoms with Crippen LogP contribution in [0.25, 0.3) is 22.3 Å². The summed E-state index contributed by atoms with van der Waals surface area (Å²) in [6.07, 6.45) is 1.91. The first-order valence-corrected chi connectivity index (χ1v) is 11.7. The monoisotopic (exact) mass is 492 g/mol. The van der Waals surface area contributed by atoms with Gasteiger partial charge < -0.3 is 25.6 Å². The molecule has 36 heavy (non-hydrogen) atoms. The quantitative estimate of drug-likeness (QED) is 0.310. The zero-order chi connectivity index (χ0) is 25.4. The molecular formula is C25H25FN6O4. The fraction of sp³-hybridized carbons (Fsp3) is 0.320. The van der Waals surface area contributed by atoms with E-state index in [1.807, 2.05) is 11.2 Å². The number of nitrogens with zero attached hydrogens (tertiary/aromatic N) is 3. The number of hydrogen-bond donors (Lipinski definition) is 4. The molecule has 5 N–H and O–H groups in total. The Kier molecular flexibility index (Phi) is 4.94. The van der Waals surface area contributed by atoms with Gasteiger partial charge in [-0.3, -0.25) is 9.80 Å². The van der Waals surface area contributed by atoms with E-state index in [4.69, 9.17) is 15.5 Å². The summed E-state index contributed by atoms with van der Waals surface area (Å²) in [6.45, 7) is 4.13. The molecule has 0 amide bonds. The van der Waals surface area contributed by atoms with Crippen molar-refractivity contribution in [1.29, 1.82) is 0 Å². The molecule has 0 fully saturated rings. The van der Waals surface area contributed by atoms with Crippen molar-refractivity contribution in [3.05, 3.63) is 74.1 Å². The Labute approximate surface area is 205 Å². The largest absolute Gasteiger partial charge is 0.458 e. The molecule has 6 rings (SSSR count). The number of hydrazine groups is 2. The van der Waals surface area contributed by atoms with Crippen LogP contribution >= 0.6 is 0 Å². The molecule has 3 aromatic rings. The maximum Gasteiger partial charge on any atom is 0.343 e. The Morgan fingerprint density at radius 3 is 2.81 bits per heavy atom. The highest BCUT2D eigenvalue weighted by Gasteiger charge is 2.45. The van der Waals surface area contributed by atoms with Crippen LogP contribution < -0.4 is 22.3 Å². The Morgan fingerprint density at radius 2 is 2.08 bits per heavy atom. The Morgan fingerprint density at radius 1 is 1.28 bits per heavy atom. The lowest BCUT2D eigenvalue weighted by atomic mass is 9.86. The predicted molar refractivity (Wildman–Crippen MR) is 128 cm³/mol. The van der Waals surface area contributed by atoms with Gasteiger partial charge in [0.15, 0.2) is 5.60 Å². The molecule has 0 radical (unpaired) electrons. The van der Waals surface area contributed by atoms with Gasteiger partial charge in [-0.15, -0.1) is 5.53 Å². The number of halogens is 1. The van der Waals surface area contributed by atoms with E-state index in [1.165, 1.54) is 6.07 Å². The van der Waals surface area contributed by atoms with Crippen molar-refractivity contribution in [1.82, 2.24) is 25.5 Å². The number of esters is 1. The number of ether oxygens (including phenoxy) is 1. The first kappa shape index (κ1) is 22.7. The van der Waals surface area contributed by atoms with Gasteiger partial charge in [0.1, 0.15) is 12.4 Å². The second-order valence-corrected chi connectivity index (χ2v) is 9.36. The number of benzene rings is 1. The third-order valence-corrected chi connectivity index (χ3v) is 7.31. The molecule has 1 aromatic carbocycles. The number of aromatic nitrogens is 2. The number of carbonyl (C=O) groups is 1. The minimum absolute atomic E-state index is 0.0545. The highest BCUT2D eigenvalue weighted by molar-refractivity contribution is 5.89. The second kappa shape index (κ2) is 7.85. The van der Waals surface area contributed by atoms with Gasteiger partial charge in [-0.2, -0.15) is 0 Å². The number of nitrogens with two attached hydrogens (primary N) is 1. The molecule has 0 spiro atoms. The Hall–Kier alpha value is -3.80. The summed E-state index contributed by atoms with van der Waals surface area (Å²) in [4.78, 5) is 30.7. The van der Waals surface area contributed by atoms with Gasteiger partial charge in [-0.05, 0) is 36.6 Å². The number of nitrogens with one attached hydrogen (secondary N) is 2. The van der Waals surface area contributed by atoms with E-state index in [-0.39, 0.29) is 42.1 Å². The topological polar surface area (TPSA) is 135 Å². The standard InChI is InChI=1S/C25H25FN6O4/c1-3-25(35)18-5-21-22-16(10-32(21)23(33)17(18)11-36-24(25)34)15(9-31-8-13(7-27)29-30-31)14-4-12(2)19(26)6-20(14)28-22/h4-6,8,29-30,35H,3,7,9-11,27H2,1-2H3/t25-/m0/s1. The van der Waals surface area contributed by atoms with Crippen LogP contribution in [-0.4, -0.2) is 32.2 Å². The van der Waals surface area contributed by atoms with Crippen LogP contribution in [-0.2, 0) is 34.8 Å². The summed E-state index contributed by atoms with van der Waals surface area (Å²) in [5.41, 5.74) is 14.5. The minimum Gasteiger partial charge on any atom is -0.458 e. The number of pyridine rings is 2. The van der Waals surface area contributed by atoms with E-state index in [0.29, 0.717) is 35.6 Å². The highest BCUT2D eigenvalue weighted by atomic mass is 19.1. The molecule has 0 saturated heterocycles. The highest BCUT2D eigenvalue weighted by Crippen LogP contribution is 2.40. The number of aliphatic hydroxyl groups is 1. The molecular weight excluding hydrogens is 467 g/mol. The summed E-state index contributed by atoms with van der Waals surface area (Å²) in [7, 11) is 0. The molecule has 5 heterocycles. The Bertz CT molecular complexity index is 1560. The van der Waals surface area contributed by atoms with Crippen molar-refractivity contribution in [2.24, 2.45) is 5.73 Å². The van der Waals surface area contributed by atoms with Gasteiger partial charge in [0.2, 0.25) is 0 Å². The Balaban J connectivity index is 1.59. The molecule has 0 saturated carbocycles. The van der Waals surface area contributed by atoms with Crippen molar-refractivity contribution in [2.75, 3.05) is 6.54 Å². The minimum atomic E-state index is -1.91. The third kappa shape index (κ3) is 3.10. The van der Waals surface area contributed by atoms with Gasteiger partial charge in [0, 0.05) is 35.3 Å². The van der Waals surface area contributed by atoms with Gasteiger partial charge in [0.05, 0.1) is 41.3 Å². The smallest absolute Gasteiger partial charge is 0.343 e. The number of cyclic esters (lactones) is 1. The molecule has 11 heteroatoms. The van der Waals surface area contributed by atoms with Gasteiger partial charge in [-0.1, -0.05) is 6.92 Å². The number of rotatable bonds is 4. The van der Waals surface area contributed by atoms with Crippen molar-refractivity contribution in [3.8, 4) is 11.4 Å². The summed E-state index contributed by atoms with van der Waals surface area (Å²) < 4.78 is 21.3. The van der Waals surface area contributed by atoms with E-state index in [2.05, 4.69) is 11.0 Å². The van der Waals surface area contributed by atoms with E-state index < -0.39 is 11.6 Å². The zero-order valence-electron chi connectivity index (χ0n) is 19.8. The van der Waals surface area contributed by atoms with Gasteiger partial charge in [-0.25, -0.2) is 14.2 Å². The molecule has 0 unspecified atom stereocenters. The van der Waals surface area contributed by atoms with Crippen LogP contribution in [0.4, 0.5) is 4.39 Å². The fourth-order valence-electron chi connectivity index (χ4n) is 5.23. The molecule has 3 aliphatic rings. The normalized spacial score (nSPS) is 20.1. The van der Waals surface area contributed by atoms with E-state index in [9.17, 15) is 19.1 Å². The zero-order valence-corrected chi connectivity index (χ0v) is 19.8. The summed E-state index contributed by atoms with van der Waals surface area (Å²) in [6, 6.07) is 4.81. The van der Waals surface area contributed by atoms with Crippen molar-refractivity contribution in [2.45, 2.75) is 45.6 Å². The lowest BCUT2D eigenvalue weighted by molar-refractivity contribution is -0.172. The fourth-order valence-corrected chi connectivity index (χ4v) is 5.23. The first-order chi connectivity index (χ1) is 17.2. The van der Waals surface area contributed by atoms with Crippen LogP contribution in [0.3, 0.4) is 0 Å². The van der Waals surface area contributed by atoms with E-state index >= 15 is 0 Å². The molecule has 0 aliphatic carbocycles. The molecule has 1 atom stereocenters. The summed E-state index contributed by atoms with van der Waals surface area (Å²) in [5.74, 6) is -1.16. The van der Waals surface area contributed by atoms with Crippen LogP contribution in [0.15, 0.2) is 34.9 Å². The van der Waals surface area contributed by atoms with E-state index in [0.717, 1.165) is 22.2 Å². The maximum absolute atomic E-state index is 14.6. The molecule has 3 aliphatic heterocycles. The maximum atomic E-state index is 14.6. The van der Waals surface area contributed by atoms with Crippen molar-refractivity contribution >= 4 is 16.9 Å². The second-order valence-electron chi connectivity index (χ2n) is 9.36. The lowest BCUT2D eigenvalue weighted by Crippen LogP contribution is -2.44. The van der Waals surface area contributed by atoms with Crippen LogP contribution in [0, 0.1) is 12.7 Å². The predicted octanol–water partition coefficient (Wildman–Crippen LogP) is 1.15. The number of carbonyl (C=O) groups excluding carboxylic acids is 1. The van der Waals surface area contributed by atoms with E-state index in [1.54, 1.807) is 30.5 Å². The number of hydrogen-bond acceptors (Lipinski definition) is 9. The summed E-state index contributed by atoms with van der Waals surface area (Å²) >= 11 is 0. The van der Waals surface area contributed by atoms with Gasteiger partial charge >= 0.3 is 5.97 Å². The van der Waals surface area contributed by atoms with Crippen LogP contribution in [0.2, 0.25) is 0 Å². The van der Waals surface area contributed by atoms with Crippen LogP contribution in [0.5, 0.6) is 0 Å². The van der Waals surface area contributed by atoms with Crippen molar-refractivity contribution in [3.63, 3.8) is 0 Å². The lowest BCUT2D eigenvalue weighted by Gasteiger charge is -2.31. The summed E-state index contributed by atoms with van der Waals surface area (Å²) in [5, 5.41) is 13.7. The SMILES string of the molecule is CC[C@@]1(O)C(=O)OCc2c1cc1n(c2=O)Cc2c-1nc1cc(F)c(C)cc1c2CN1C=C(CN)NN1. The average molecular weight is 493 g/mol. The molecule has 10 nitrogen and oxygen atoms in total. The van der Waals surface area contributed by atoms with Crippen molar-refractivity contribution < 1.29 is 19.0 Å². The number of fused-ring (bicyclic) bond motifs is 5. The van der Waals surface area contributed by atoms with Gasteiger partial charge in [0.25, 0.3) is 5.56 Å². The molecule has 0 bridgehead atoms. The third-order valence-electron chi connectivity index (χ3n) is 7.31. The molecule has 2 aromatic heterocycles. The number of aryl methyl sites for hydroxylation is 1.